The molecule has 1 unspecified atom stereocenters. The molecule has 2 aliphatic rings. The predicted octanol–water partition coefficient (Wildman–Crippen LogP) is 15.4. The van der Waals surface area contributed by atoms with Crippen LogP contribution < -0.4 is 0 Å². The maximum Gasteiger partial charge on any atom is 0.402 e. The van der Waals surface area contributed by atoms with Gasteiger partial charge in [0.05, 0.1) is 6.61 Å². The lowest BCUT2D eigenvalue weighted by Crippen LogP contribution is -2.38. The summed E-state index contributed by atoms with van der Waals surface area (Å²) in [4.78, 5) is 11.4. The first-order valence-corrected chi connectivity index (χ1v) is 21.7. The number of fused-ring (bicyclic) bond motifs is 6. The normalized spacial score (nSPS) is 16.4. The van der Waals surface area contributed by atoms with E-state index in [1.165, 1.54) is 51.4 Å². The molecule has 0 saturated heterocycles. The van der Waals surface area contributed by atoms with Crippen LogP contribution in [0.5, 0.6) is 0 Å². The van der Waals surface area contributed by atoms with Gasteiger partial charge in [-0.15, -0.1) is 0 Å². The van der Waals surface area contributed by atoms with Gasteiger partial charge in [-0.05, 0) is 160 Å². The zero-order valence-corrected chi connectivity index (χ0v) is 36.1. The van der Waals surface area contributed by atoms with Crippen molar-refractivity contribution in [1.82, 2.24) is 0 Å². The van der Waals surface area contributed by atoms with Crippen molar-refractivity contribution in [2.75, 3.05) is 6.61 Å². The molecular weight excluding hydrogens is 774 g/mol. The monoisotopic (exact) mass is 822 g/mol. The standard InChI is InChI=1S/C57H49F3O2/c1-8-51(61)62-26-10-9-11-33-12-20-42-43-22-16-35(30-48(43)55(5,6)47(42)27-33)36-17-23-44-45-24-18-37(32-50(45)56(7,49(44)31-36)57(58,59)60)41-21-15-34-13-14-38-28-40(54(2,3)4)29-39-19-25-46(41)53(34)52(38)39/h8,12-25,27-32H,1,9-11,26H2,2-7H3. The van der Waals surface area contributed by atoms with Crippen molar-refractivity contribution in [3.05, 3.63) is 167 Å². The fourth-order valence-electron chi connectivity index (χ4n) is 10.5. The van der Waals surface area contributed by atoms with Gasteiger partial charge >= 0.3 is 12.1 Å². The predicted molar refractivity (Wildman–Crippen MR) is 249 cm³/mol. The summed E-state index contributed by atoms with van der Waals surface area (Å²) in [6.07, 6.45) is -0.845. The van der Waals surface area contributed by atoms with Gasteiger partial charge < -0.3 is 4.74 Å². The maximum atomic E-state index is 15.8. The SMILES string of the molecule is C=CC(=O)OCCCCc1ccc2c(c1)C(C)(C)c1cc(-c3ccc4c(c3)C(C)(C(F)(F)F)c3cc(-c5ccc6ccc7cc(C(C)(C)C)cc8ccc5c6c78)ccc3-4)ccc1-2. The largest absolute Gasteiger partial charge is 0.463 e. The minimum atomic E-state index is -4.55. The minimum absolute atomic E-state index is 0.00621. The van der Waals surface area contributed by atoms with Gasteiger partial charge in [-0.2, -0.15) is 13.2 Å². The maximum absolute atomic E-state index is 15.8. The van der Waals surface area contributed by atoms with Crippen LogP contribution in [0.15, 0.2) is 134 Å². The second kappa shape index (κ2) is 13.9. The molecule has 8 aromatic rings. The van der Waals surface area contributed by atoms with Crippen molar-refractivity contribution < 1.29 is 22.7 Å². The van der Waals surface area contributed by atoms with Crippen LogP contribution in [0.25, 0.3) is 76.8 Å². The van der Waals surface area contributed by atoms with Gasteiger partial charge in [0, 0.05) is 11.5 Å². The lowest BCUT2D eigenvalue weighted by Gasteiger charge is -2.30. The first kappa shape index (κ1) is 39.9. The van der Waals surface area contributed by atoms with Crippen molar-refractivity contribution in [2.24, 2.45) is 0 Å². The van der Waals surface area contributed by atoms with Crippen LogP contribution >= 0.6 is 0 Å². The molecule has 0 bridgehead atoms. The van der Waals surface area contributed by atoms with E-state index in [1.54, 1.807) is 12.1 Å². The molecule has 1 atom stereocenters. The van der Waals surface area contributed by atoms with Crippen molar-refractivity contribution >= 4 is 38.3 Å². The molecule has 0 aliphatic heterocycles. The lowest BCUT2D eigenvalue weighted by atomic mass is 9.77. The summed E-state index contributed by atoms with van der Waals surface area (Å²) >= 11 is 0. The fraction of sp³-hybridized carbons (Fsp3) is 0.246. The second-order valence-corrected chi connectivity index (χ2v) is 19.2. The summed E-state index contributed by atoms with van der Waals surface area (Å²) < 4.78 is 52.6. The number of rotatable bonds is 8. The molecule has 2 aliphatic carbocycles. The van der Waals surface area contributed by atoms with E-state index in [0.717, 1.165) is 68.8 Å². The Morgan fingerprint density at radius 3 is 1.74 bits per heavy atom. The summed E-state index contributed by atoms with van der Waals surface area (Å²) in [5.41, 5.74) is 9.89. The molecule has 0 saturated carbocycles. The Morgan fingerprint density at radius 1 is 0.597 bits per heavy atom. The molecule has 2 nitrogen and oxygen atoms in total. The zero-order chi connectivity index (χ0) is 43.5. The third kappa shape index (κ3) is 6.02. The average Bonchev–Trinajstić information content (AvgIpc) is 3.64. The fourth-order valence-corrected chi connectivity index (χ4v) is 10.5. The molecule has 0 N–H and O–H groups in total. The number of aryl methyl sites for hydroxylation is 1. The summed E-state index contributed by atoms with van der Waals surface area (Å²) in [6, 6.07) is 41.7. The van der Waals surface area contributed by atoms with Gasteiger partial charge in [-0.1, -0.05) is 144 Å². The van der Waals surface area contributed by atoms with Gasteiger partial charge in [0.1, 0.15) is 5.41 Å². The summed E-state index contributed by atoms with van der Waals surface area (Å²) in [5, 5.41) is 6.84. The van der Waals surface area contributed by atoms with Crippen LogP contribution in [-0.2, 0) is 32.2 Å². The minimum Gasteiger partial charge on any atom is -0.463 e. The molecule has 0 spiro atoms. The Morgan fingerprint density at radius 2 is 1.11 bits per heavy atom. The summed E-state index contributed by atoms with van der Waals surface area (Å²) in [5.74, 6) is -0.402. The zero-order valence-electron chi connectivity index (χ0n) is 36.1. The number of benzene rings is 8. The molecule has 8 aromatic carbocycles. The summed E-state index contributed by atoms with van der Waals surface area (Å²) in [7, 11) is 0. The van der Waals surface area contributed by atoms with E-state index in [2.05, 4.69) is 120 Å². The number of alkyl halides is 3. The van der Waals surface area contributed by atoms with Crippen LogP contribution in [0.3, 0.4) is 0 Å². The molecule has 310 valence electrons. The summed E-state index contributed by atoms with van der Waals surface area (Å²) in [6.45, 7) is 16.3. The van der Waals surface area contributed by atoms with Gasteiger partial charge in [0.15, 0.2) is 0 Å². The molecule has 10 rings (SSSR count). The number of esters is 1. The van der Waals surface area contributed by atoms with E-state index in [9.17, 15) is 4.79 Å². The van der Waals surface area contributed by atoms with E-state index in [1.807, 2.05) is 30.3 Å². The highest BCUT2D eigenvalue weighted by Gasteiger charge is 2.58. The first-order valence-electron chi connectivity index (χ1n) is 21.7. The number of hydrogen-bond acceptors (Lipinski definition) is 2. The van der Waals surface area contributed by atoms with Crippen LogP contribution in [0.1, 0.15) is 87.8 Å². The highest BCUT2D eigenvalue weighted by Crippen LogP contribution is 2.58. The quantitative estimate of drug-likeness (QED) is 0.0660. The molecule has 0 fully saturated rings. The average molecular weight is 823 g/mol. The van der Waals surface area contributed by atoms with E-state index in [4.69, 9.17) is 4.74 Å². The highest BCUT2D eigenvalue weighted by atomic mass is 19.4. The smallest absolute Gasteiger partial charge is 0.402 e. The Hall–Kier alpha value is -6.20. The number of unbranched alkanes of at least 4 members (excludes halogenated alkanes) is 1. The number of carbonyl (C=O) groups is 1. The van der Waals surface area contributed by atoms with Crippen LogP contribution in [0, 0.1) is 0 Å². The number of hydrogen-bond donors (Lipinski definition) is 0. The van der Waals surface area contributed by atoms with Crippen LogP contribution in [0.2, 0.25) is 0 Å². The Kier molecular flexibility index (Phi) is 8.95. The van der Waals surface area contributed by atoms with E-state index < -0.39 is 17.6 Å². The third-order valence-corrected chi connectivity index (χ3v) is 14.1. The van der Waals surface area contributed by atoms with E-state index >= 15 is 13.2 Å². The first-order chi connectivity index (χ1) is 29.5. The van der Waals surface area contributed by atoms with E-state index in [0.29, 0.717) is 17.7 Å². The number of ether oxygens (including phenoxy) is 1. The highest BCUT2D eigenvalue weighted by molar-refractivity contribution is 6.25. The Balaban J connectivity index is 1.000. The van der Waals surface area contributed by atoms with Crippen molar-refractivity contribution in [3.8, 4) is 44.5 Å². The molecule has 62 heavy (non-hydrogen) atoms. The van der Waals surface area contributed by atoms with Gasteiger partial charge in [-0.25, -0.2) is 4.79 Å². The third-order valence-electron chi connectivity index (χ3n) is 14.1. The topological polar surface area (TPSA) is 26.3 Å². The Bertz CT molecular complexity index is 3140. The van der Waals surface area contributed by atoms with Crippen LogP contribution in [-0.4, -0.2) is 18.8 Å². The molecule has 0 amide bonds. The molecule has 0 aromatic heterocycles. The number of carbonyl (C=O) groups excluding carboxylic acids is 1. The Labute approximate surface area is 361 Å². The molecule has 5 heteroatoms. The van der Waals surface area contributed by atoms with E-state index in [-0.39, 0.29) is 22.0 Å². The molecule has 0 radical (unpaired) electrons. The molecular formula is C57H49F3O2. The number of halogens is 3. The van der Waals surface area contributed by atoms with Gasteiger partial charge in [0.2, 0.25) is 0 Å². The van der Waals surface area contributed by atoms with Crippen LogP contribution in [0.4, 0.5) is 13.2 Å². The van der Waals surface area contributed by atoms with Crippen molar-refractivity contribution in [2.45, 2.75) is 83.2 Å². The van der Waals surface area contributed by atoms with Gasteiger partial charge in [0.25, 0.3) is 0 Å². The second-order valence-electron chi connectivity index (χ2n) is 19.2. The van der Waals surface area contributed by atoms with Gasteiger partial charge in [-0.3, -0.25) is 0 Å². The van der Waals surface area contributed by atoms with Crippen molar-refractivity contribution in [1.29, 1.82) is 0 Å². The lowest BCUT2D eigenvalue weighted by molar-refractivity contribution is -0.172. The van der Waals surface area contributed by atoms with Crippen molar-refractivity contribution in [3.63, 3.8) is 0 Å². The molecule has 0 heterocycles.